The molecule has 6 heterocycles. The van der Waals surface area contributed by atoms with Gasteiger partial charge in [0.05, 0.1) is 49.5 Å². The molecular weight excluding hydrogens is 708 g/mol. The molecule has 54 heavy (non-hydrogen) atoms. The number of esters is 2. The van der Waals surface area contributed by atoms with Crippen LogP contribution in [0.25, 0.3) is 21.8 Å². The highest BCUT2D eigenvalue weighted by molar-refractivity contribution is 6.08. The van der Waals surface area contributed by atoms with Gasteiger partial charge in [0.2, 0.25) is 0 Å². The second kappa shape index (κ2) is 19.3. The highest BCUT2D eigenvalue weighted by atomic mass is 35.5. The summed E-state index contributed by atoms with van der Waals surface area (Å²) in [7, 11) is 2.89. The number of para-hydroxylation sites is 2. The zero-order valence-electron chi connectivity index (χ0n) is 31.7. The molecular formula is C42H55ClN4O7. The molecule has 0 radical (unpaired) electrons. The van der Waals surface area contributed by atoms with E-state index in [-0.39, 0.29) is 30.3 Å². The van der Waals surface area contributed by atoms with Crippen molar-refractivity contribution in [1.29, 1.82) is 0 Å². The van der Waals surface area contributed by atoms with Crippen molar-refractivity contribution in [2.45, 2.75) is 90.1 Å². The monoisotopic (exact) mass is 762 g/mol. The number of carboxylic acid groups (broad SMARTS) is 1. The van der Waals surface area contributed by atoms with Crippen molar-refractivity contribution in [2.75, 3.05) is 40.4 Å². The van der Waals surface area contributed by atoms with Crippen molar-refractivity contribution in [3.63, 3.8) is 0 Å². The number of quaternary nitrogens is 1. The first-order valence-corrected chi connectivity index (χ1v) is 19.5. The van der Waals surface area contributed by atoms with E-state index in [4.69, 9.17) is 9.84 Å². The van der Waals surface area contributed by atoms with Gasteiger partial charge in [0, 0.05) is 62.2 Å². The van der Waals surface area contributed by atoms with Gasteiger partial charge in [0.15, 0.2) is 0 Å². The number of carbonyl (C=O) groups is 4. The number of nitrogens with two attached hydrogens (primary N) is 1. The van der Waals surface area contributed by atoms with Gasteiger partial charge in [-0.1, -0.05) is 36.4 Å². The first kappa shape index (κ1) is 40.8. The Hall–Kier alpha value is -4.35. The normalized spacial score (nSPS) is 16.7. The largest absolute Gasteiger partial charge is 1.00 e. The van der Waals surface area contributed by atoms with Gasteiger partial charge in [0.1, 0.15) is 0 Å². The Bertz CT molecular complexity index is 1920. The van der Waals surface area contributed by atoms with Crippen LogP contribution in [0.5, 0.6) is 0 Å². The summed E-state index contributed by atoms with van der Waals surface area (Å²) in [6.07, 6.45) is 15.6. The zero-order chi connectivity index (χ0) is 37.3. The summed E-state index contributed by atoms with van der Waals surface area (Å²) in [6.45, 7) is 5.93. The predicted octanol–water partition coefficient (Wildman–Crippen LogP) is 2.60. The average Bonchev–Trinajstić information content (AvgIpc) is 3.78. The molecule has 4 aliphatic rings. The van der Waals surface area contributed by atoms with Gasteiger partial charge in [-0.3, -0.25) is 14.4 Å². The number of carboxylic acids is 1. The summed E-state index contributed by atoms with van der Waals surface area (Å²) in [5, 5.41) is 13.4. The van der Waals surface area contributed by atoms with Crippen LogP contribution in [0, 0.1) is 11.8 Å². The molecule has 2 saturated heterocycles. The van der Waals surface area contributed by atoms with Gasteiger partial charge in [0.25, 0.3) is 5.91 Å². The topological polar surface area (TPSA) is 137 Å². The Morgan fingerprint density at radius 3 is 1.69 bits per heavy atom. The lowest BCUT2D eigenvalue weighted by Gasteiger charge is -2.31. The molecule has 0 bridgehead atoms. The maximum absolute atomic E-state index is 13.1. The van der Waals surface area contributed by atoms with E-state index in [0.717, 1.165) is 105 Å². The third-order valence-corrected chi connectivity index (χ3v) is 11.5. The number of hydrogen-bond donors (Lipinski definition) is 2. The average molecular weight is 763 g/mol. The highest BCUT2D eigenvalue weighted by Gasteiger charge is 2.27. The fourth-order valence-corrected chi connectivity index (χ4v) is 8.58. The van der Waals surface area contributed by atoms with Crippen LogP contribution in [0.4, 0.5) is 0 Å². The maximum atomic E-state index is 13.1. The molecule has 2 aromatic heterocycles. The summed E-state index contributed by atoms with van der Waals surface area (Å²) in [5.74, 6) is 0.376. The predicted molar refractivity (Wildman–Crippen MR) is 203 cm³/mol. The van der Waals surface area contributed by atoms with Crippen LogP contribution in [0.2, 0.25) is 0 Å². The standard InChI is InChI=1S/C21H26N2O3.C12H11NO2.C9H17NO2.ClH/c1-26-19(24)8-7-15-9-12-22(13-10-15)21(25)18-14-23-11-3-5-16-4-2-6-17(18)20(16)23;14-12(15)10-7-13-6-2-4-8-3-1-5-9(10)11(8)13;1-12-9(11)3-2-8-4-6-10-7-5-8;/h2,4,6,14-15H,3,5,7-13H2,1H3;1,3,5,7H,2,4,6H2,(H,14,15);8,10H,2-7H2,1H3;1H. The number of aromatic nitrogens is 2. The van der Waals surface area contributed by atoms with Crippen LogP contribution in [0.15, 0.2) is 48.8 Å². The molecule has 4 aliphatic heterocycles. The Kier molecular flexibility index (Phi) is 14.6. The van der Waals surface area contributed by atoms with Crippen molar-refractivity contribution in [2.24, 2.45) is 11.8 Å². The van der Waals surface area contributed by atoms with Crippen molar-refractivity contribution >= 4 is 45.6 Å². The number of aromatic carboxylic acids is 1. The molecule has 1 amide bonds. The fourth-order valence-electron chi connectivity index (χ4n) is 8.58. The minimum Gasteiger partial charge on any atom is -1.00 e. The molecule has 0 saturated carbocycles. The number of likely N-dealkylation sites (tertiary alicyclic amines) is 1. The Morgan fingerprint density at radius 2 is 1.19 bits per heavy atom. The van der Waals surface area contributed by atoms with Gasteiger partial charge in [-0.25, -0.2) is 4.79 Å². The van der Waals surface area contributed by atoms with Crippen molar-refractivity contribution in [3.8, 4) is 0 Å². The molecule has 0 atom stereocenters. The summed E-state index contributed by atoms with van der Waals surface area (Å²) in [5.41, 5.74) is 6.25. The van der Waals surface area contributed by atoms with Crippen molar-refractivity contribution in [1.82, 2.24) is 14.0 Å². The van der Waals surface area contributed by atoms with Gasteiger partial charge in [-0.05, 0) is 87.2 Å². The van der Waals surface area contributed by atoms with Gasteiger partial charge in [-0.15, -0.1) is 0 Å². The molecule has 2 aromatic carbocycles. The first-order valence-electron chi connectivity index (χ1n) is 19.5. The second-order valence-electron chi connectivity index (χ2n) is 14.9. The van der Waals surface area contributed by atoms with Crippen LogP contribution in [0.3, 0.4) is 0 Å². The third kappa shape index (κ3) is 9.65. The number of nitrogens with zero attached hydrogens (tertiary/aromatic N) is 3. The molecule has 2 fully saturated rings. The number of ether oxygens (including phenoxy) is 2. The summed E-state index contributed by atoms with van der Waals surface area (Å²) in [6, 6.07) is 12.3. The van der Waals surface area contributed by atoms with E-state index >= 15 is 0 Å². The molecule has 3 N–H and O–H groups in total. The lowest BCUT2D eigenvalue weighted by atomic mass is 9.92. The van der Waals surface area contributed by atoms with Crippen LogP contribution in [0.1, 0.15) is 96.1 Å². The Balaban J connectivity index is 0.000000170. The zero-order valence-corrected chi connectivity index (χ0v) is 32.5. The molecule has 0 aliphatic carbocycles. The molecule has 4 aromatic rings. The molecule has 0 spiro atoms. The summed E-state index contributed by atoms with van der Waals surface area (Å²) >= 11 is 0. The third-order valence-electron chi connectivity index (χ3n) is 11.5. The number of halogens is 1. The molecule has 11 nitrogen and oxygen atoms in total. The maximum Gasteiger partial charge on any atom is 0.337 e. The first-order chi connectivity index (χ1) is 25.8. The Labute approximate surface area is 323 Å². The van der Waals surface area contributed by atoms with Gasteiger partial charge >= 0.3 is 17.9 Å². The number of amides is 1. The number of hydrogen-bond acceptors (Lipinski definition) is 6. The van der Waals surface area contributed by atoms with Crippen molar-refractivity contribution < 1.29 is 51.5 Å². The number of methoxy groups -OCH3 is 2. The number of piperidine rings is 2. The van der Waals surface area contributed by atoms with E-state index in [1.54, 1.807) is 6.20 Å². The van der Waals surface area contributed by atoms with Gasteiger partial charge < -0.3 is 46.3 Å². The molecule has 8 rings (SSSR count). The second-order valence-corrected chi connectivity index (χ2v) is 14.9. The van der Waals surface area contributed by atoms with Crippen molar-refractivity contribution in [3.05, 3.63) is 71.0 Å². The lowest BCUT2D eigenvalue weighted by molar-refractivity contribution is -0.664. The molecule has 0 unspecified atom stereocenters. The quantitative estimate of drug-likeness (QED) is 0.264. The minimum atomic E-state index is -0.835. The molecule has 12 heteroatoms. The summed E-state index contributed by atoms with van der Waals surface area (Å²) in [4.78, 5) is 48.3. The number of carbonyl (C=O) groups excluding carboxylic acids is 3. The van der Waals surface area contributed by atoms with Crippen LogP contribution in [-0.4, -0.2) is 83.4 Å². The smallest absolute Gasteiger partial charge is 0.337 e. The van der Waals surface area contributed by atoms with E-state index in [0.29, 0.717) is 24.3 Å². The van der Waals surface area contributed by atoms with E-state index in [9.17, 15) is 19.2 Å². The Morgan fingerprint density at radius 1 is 0.704 bits per heavy atom. The summed E-state index contributed by atoms with van der Waals surface area (Å²) < 4.78 is 13.6. The van der Waals surface area contributed by atoms with E-state index in [2.05, 4.69) is 49.7 Å². The SMILES string of the molecule is COC(=O)CCC1CCN(C(=O)c2cn3c4c(cccc24)CCC3)CC1.COC(=O)CCC1CC[NH2+]CC1.O=C(O)c1cn2c3c(cccc13)CCC2.[Cl-]. The number of benzene rings is 2. The van der Waals surface area contributed by atoms with Crippen LogP contribution >= 0.6 is 0 Å². The van der Waals surface area contributed by atoms with Crippen LogP contribution < -0.4 is 17.7 Å². The van der Waals surface area contributed by atoms with E-state index < -0.39 is 5.97 Å². The fraction of sp³-hybridized carbons (Fsp3) is 0.524. The highest BCUT2D eigenvalue weighted by Crippen LogP contribution is 2.32. The van der Waals surface area contributed by atoms with E-state index in [1.165, 1.54) is 56.8 Å². The molecule has 292 valence electrons. The van der Waals surface area contributed by atoms with Crippen LogP contribution in [-0.2, 0) is 45.0 Å². The van der Waals surface area contributed by atoms with E-state index in [1.807, 2.05) is 17.0 Å². The minimum absolute atomic E-state index is 0. The van der Waals surface area contributed by atoms with Gasteiger partial charge in [-0.2, -0.15) is 0 Å². The lowest BCUT2D eigenvalue weighted by Crippen LogP contribution is -3.00. The number of rotatable bonds is 8. The number of aryl methyl sites for hydroxylation is 4.